The molecule has 0 aliphatic rings. The highest BCUT2D eigenvalue weighted by Crippen LogP contribution is 2.07. The summed E-state index contributed by atoms with van der Waals surface area (Å²) in [6.45, 7) is 6.76. The van der Waals surface area contributed by atoms with Crippen LogP contribution in [0.4, 0.5) is 0 Å². The van der Waals surface area contributed by atoms with Gasteiger partial charge in [-0.3, -0.25) is 4.79 Å². The molecule has 8 heteroatoms. The van der Waals surface area contributed by atoms with E-state index in [9.17, 15) is 4.79 Å². The number of amides is 1. The van der Waals surface area contributed by atoms with Gasteiger partial charge in [-0.25, -0.2) is 9.98 Å². The van der Waals surface area contributed by atoms with Crippen LogP contribution in [0.5, 0.6) is 0 Å². The highest BCUT2D eigenvalue weighted by atomic mass is 127. The molecule has 0 radical (unpaired) electrons. The number of carbonyl (C=O) groups is 1. The molecule has 2 N–H and O–H groups in total. The van der Waals surface area contributed by atoms with Gasteiger partial charge in [0.25, 0.3) is 0 Å². The smallest absolute Gasteiger partial charge is 0.243 e. The van der Waals surface area contributed by atoms with Gasteiger partial charge in [0.05, 0.1) is 6.54 Å². The summed E-state index contributed by atoms with van der Waals surface area (Å²) in [5.41, 5.74) is 1.02. The van der Waals surface area contributed by atoms with Crippen LogP contribution in [-0.2, 0) is 11.3 Å². The van der Waals surface area contributed by atoms with Crippen molar-refractivity contribution in [1.29, 1.82) is 0 Å². The Kier molecular flexibility index (Phi) is 9.51. The summed E-state index contributed by atoms with van der Waals surface area (Å²) >= 11 is 1.61. The highest BCUT2D eigenvalue weighted by Gasteiger charge is 2.06. The second-order valence-electron chi connectivity index (χ2n) is 4.99. The number of guanidine groups is 1. The molecule has 0 fully saturated rings. The van der Waals surface area contributed by atoms with E-state index in [1.807, 2.05) is 26.2 Å². The quantitative estimate of drug-likeness (QED) is 0.427. The minimum Gasteiger partial charge on any atom is -0.354 e. The first-order valence-corrected chi connectivity index (χ1v) is 7.42. The minimum atomic E-state index is -0.0278. The molecule has 1 rings (SSSR count). The number of hydrogen-bond donors (Lipinski definition) is 2. The number of rotatable bonds is 5. The first-order valence-electron chi connectivity index (χ1n) is 6.54. The van der Waals surface area contributed by atoms with Crippen LogP contribution < -0.4 is 10.6 Å². The third-order valence-corrected chi connectivity index (χ3v) is 3.34. The molecule has 0 aliphatic heterocycles. The van der Waals surface area contributed by atoms with Crippen LogP contribution in [0.1, 0.15) is 24.5 Å². The Labute approximate surface area is 147 Å². The molecule has 0 aromatic carbocycles. The van der Waals surface area contributed by atoms with Crippen LogP contribution in [0.15, 0.2) is 10.4 Å². The van der Waals surface area contributed by atoms with E-state index in [1.54, 1.807) is 25.4 Å². The van der Waals surface area contributed by atoms with Crippen LogP contribution in [0.25, 0.3) is 0 Å². The molecule has 0 saturated carbocycles. The number of carbonyl (C=O) groups excluding carboxylic acids is 1. The number of nitrogens with one attached hydrogen (secondary N) is 2. The average molecular weight is 425 g/mol. The zero-order valence-corrected chi connectivity index (χ0v) is 16.3. The van der Waals surface area contributed by atoms with Gasteiger partial charge >= 0.3 is 0 Å². The van der Waals surface area contributed by atoms with Gasteiger partial charge in [-0.15, -0.1) is 35.3 Å². The number of hydrogen-bond acceptors (Lipinski definition) is 4. The van der Waals surface area contributed by atoms with Crippen LogP contribution >= 0.6 is 35.3 Å². The minimum absolute atomic E-state index is 0. The van der Waals surface area contributed by atoms with E-state index in [2.05, 4.69) is 20.6 Å². The monoisotopic (exact) mass is 425 g/mol. The lowest BCUT2D eigenvalue weighted by molar-refractivity contribution is -0.127. The topological polar surface area (TPSA) is 69.6 Å². The maximum Gasteiger partial charge on any atom is 0.243 e. The van der Waals surface area contributed by atoms with E-state index in [-0.39, 0.29) is 42.5 Å². The van der Waals surface area contributed by atoms with E-state index >= 15 is 0 Å². The van der Waals surface area contributed by atoms with Crippen molar-refractivity contribution in [2.75, 3.05) is 20.6 Å². The summed E-state index contributed by atoms with van der Waals surface area (Å²) in [5, 5.41) is 9.40. The molecule has 0 unspecified atom stereocenters. The second-order valence-corrected chi connectivity index (χ2v) is 5.93. The number of thiazole rings is 1. The standard InChI is InChI=1S/C13H23N5OS.HI/c1-9(2)16-13(15-7-12(19)18(4)5)14-6-11-17-10(3)8-20-11;/h8-9H,6-7H2,1-5H3,(H2,14,15,16);1H. The Balaban J connectivity index is 0.00000400. The fourth-order valence-electron chi connectivity index (χ4n) is 1.36. The lowest BCUT2D eigenvalue weighted by atomic mass is 10.4. The predicted molar refractivity (Wildman–Crippen MR) is 98.4 cm³/mol. The van der Waals surface area contributed by atoms with Gasteiger partial charge in [-0.05, 0) is 20.8 Å². The molecule has 0 spiro atoms. The normalized spacial score (nSPS) is 11.0. The number of aliphatic imine (C=N–C) groups is 1. The Morgan fingerprint density at radius 2 is 2.14 bits per heavy atom. The van der Waals surface area contributed by atoms with Crippen LogP contribution in [0.3, 0.4) is 0 Å². The zero-order chi connectivity index (χ0) is 15.1. The number of likely N-dealkylation sites (N-methyl/N-ethyl adjacent to an activating group) is 1. The maximum atomic E-state index is 11.6. The van der Waals surface area contributed by atoms with Crippen molar-refractivity contribution in [3.8, 4) is 0 Å². The Hall–Kier alpha value is -0.900. The molecular formula is C13H24IN5OS. The lowest BCUT2D eigenvalue weighted by Gasteiger charge is -2.15. The number of aromatic nitrogens is 1. The van der Waals surface area contributed by atoms with Gasteiger partial charge in [0.1, 0.15) is 11.6 Å². The van der Waals surface area contributed by atoms with Gasteiger partial charge in [-0.1, -0.05) is 0 Å². The van der Waals surface area contributed by atoms with Gasteiger partial charge in [-0.2, -0.15) is 0 Å². The van der Waals surface area contributed by atoms with Gasteiger partial charge in [0.15, 0.2) is 5.96 Å². The first kappa shape index (κ1) is 20.1. The molecule has 1 heterocycles. The van der Waals surface area contributed by atoms with Crippen molar-refractivity contribution < 1.29 is 4.79 Å². The lowest BCUT2D eigenvalue weighted by Crippen LogP contribution is -2.41. The molecule has 0 atom stereocenters. The molecule has 1 aromatic heterocycles. The van der Waals surface area contributed by atoms with E-state index in [0.717, 1.165) is 10.7 Å². The van der Waals surface area contributed by atoms with E-state index in [0.29, 0.717) is 12.5 Å². The van der Waals surface area contributed by atoms with Gasteiger partial charge < -0.3 is 15.5 Å². The zero-order valence-electron chi connectivity index (χ0n) is 13.1. The molecule has 1 amide bonds. The fourth-order valence-corrected chi connectivity index (χ4v) is 2.07. The summed E-state index contributed by atoms with van der Waals surface area (Å²) in [6.07, 6.45) is 0. The van der Waals surface area contributed by atoms with Gasteiger partial charge in [0.2, 0.25) is 5.91 Å². The Bertz CT molecular complexity index is 473. The van der Waals surface area contributed by atoms with Crippen molar-refractivity contribution in [3.63, 3.8) is 0 Å². The number of aryl methyl sites for hydroxylation is 1. The molecule has 0 aliphatic carbocycles. The molecule has 1 aromatic rings. The Morgan fingerprint density at radius 1 is 1.48 bits per heavy atom. The highest BCUT2D eigenvalue weighted by molar-refractivity contribution is 14.0. The van der Waals surface area contributed by atoms with Crippen molar-refractivity contribution in [2.24, 2.45) is 4.99 Å². The summed E-state index contributed by atoms with van der Waals surface area (Å²) in [4.78, 5) is 21.8. The summed E-state index contributed by atoms with van der Waals surface area (Å²) < 4.78 is 0. The summed E-state index contributed by atoms with van der Waals surface area (Å²) in [6, 6.07) is 0.244. The molecular weight excluding hydrogens is 401 g/mol. The van der Waals surface area contributed by atoms with Crippen LogP contribution in [-0.4, -0.2) is 48.4 Å². The molecule has 21 heavy (non-hydrogen) atoms. The van der Waals surface area contributed by atoms with E-state index in [4.69, 9.17) is 0 Å². The summed E-state index contributed by atoms with van der Waals surface area (Å²) in [7, 11) is 3.44. The predicted octanol–water partition coefficient (Wildman–Crippen LogP) is 1.60. The van der Waals surface area contributed by atoms with Crippen molar-refractivity contribution in [1.82, 2.24) is 20.5 Å². The molecule has 120 valence electrons. The van der Waals surface area contributed by atoms with E-state index < -0.39 is 0 Å². The largest absolute Gasteiger partial charge is 0.354 e. The van der Waals surface area contributed by atoms with Crippen molar-refractivity contribution in [2.45, 2.75) is 33.4 Å². The third-order valence-electron chi connectivity index (χ3n) is 2.37. The van der Waals surface area contributed by atoms with E-state index in [1.165, 1.54) is 4.90 Å². The van der Waals surface area contributed by atoms with Crippen molar-refractivity contribution in [3.05, 3.63) is 16.1 Å². The maximum absolute atomic E-state index is 11.6. The van der Waals surface area contributed by atoms with Crippen molar-refractivity contribution >= 4 is 47.2 Å². The molecule has 0 saturated heterocycles. The Morgan fingerprint density at radius 3 is 2.62 bits per heavy atom. The van der Waals surface area contributed by atoms with Gasteiger partial charge in [0, 0.05) is 31.2 Å². The second kappa shape index (κ2) is 9.93. The average Bonchev–Trinajstić information content (AvgIpc) is 2.77. The molecule has 0 bridgehead atoms. The number of nitrogens with zero attached hydrogens (tertiary/aromatic N) is 3. The first-order chi connectivity index (χ1) is 9.38. The fraction of sp³-hybridized carbons (Fsp3) is 0.615. The van der Waals surface area contributed by atoms with Crippen LogP contribution in [0.2, 0.25) is 0 Å². The SMILES string of the molecule is Cc1csc(CNC(=NCC(=O)N(C)C)NC(C)C)n1.I. The van der Waals surface area contributed by atoms with Crippen LogP contribution in [0, 0.1) is 6.92 Å². The molecule has 6 nitrogen and oxygen atoms in total. The number of halogens is 1. The third kappa shape index (κ3) is 8.20. The summed E-state index contributed by atoms with van der Waals surface area (Å²) in [5.74, 6) is 0.600.